The Hall–Kier alpha value is -3.03. The predicted molar refractivity (Wildman–Crippen MR) is 88.1 cm³/mol. The number of carbonyl (C=O) groups is 2. The van der Waals surface area contributed by atoms with Crippen LogP contribution in [-0.4, -0.2) is 33.3 Å². The summed E-state index contributed by atoms with van der Waals surface area (Å²) in [6.45, 7) is 3.04. The van der Waals surface area contributed by atoms with Gasteiger partial charge in [0.05, 0.1) is 11.6 Å². The van der Waals surface area contributed by atoms with E-state index in [1.165, 1.54) is 19.2 Å². The Morgan fingerprint density at radius 1 is 1.28 bits per heavy atom. The van der Waals surface area contributed by atoms with E-state index in [1.54, 1.807) is 13.8 Å². The van der Waals surface area contributed by atoms with E-state index in [0.717, 1.165) is 16.8 Å². The third-order valence-electron chi connectivity index (χ3n) is 3.99. The lowest BCUT2D eigenvalue weighted by atomic mass is 9.99. The van der Waals surface area contributed by atoms with Crippen molar-refractivity contribution in [3.63, 3.8) is 0 Å². The summed E-state index contributed by atoms with van der Waals surface area (Å²) >= 11 is 0. The number of halogens is 1. The van der Waals surface area contributed by atoms with Crippen molar-refractivity contribution < 1.29 is 19.1 Å². The monoisotopic (exact) mass is 347 g/mol. The van der Waals surface area contributed by atoms with Gasteiger partial charge in [0.1, 0.15) is 11.4 Å². The molecular weight excluding hydrogens is 329 g/mol. The molecule has 0 aliphatic rings. The van der Waals surface area contributed by atoms with Crippen molar-refractivity contribution in [2.24, 2.45) is 7.05 Å². The molecule has 0 saturated carbocycles. The first-order valence-electron chi connectivity index (χ1n) is 7.53. The van der Waals surface area contributed by atoms with E-state index in [0.29, 0.717) is 16.8 Å². The number of nitrogens with one attached hydrogen (secondary N) is 1. The number of aromatic nitrogens is 2. The molecule has 2 N–H and O–H groups in total. The van der Waals surface area contributed by atoms with Crippen molar-refractivity contribution in [1.29, 1.82) is 0 Å². The highest BCUT2D eigenvalue weighted by Crippen LogP contribution is 2.16. The minimum Gasteiger partial charge on any atom is -0.481 e. The van der Waals surface area contributed by atoms with Gasteiger partial charge in [-0.05, 0) is 37.1 Å². The maximum absolute atomic E-state index is 13.0. The van der Waals surface area contributed by atoms with E-state index in [2.05, 4.69) is 10.4 Å². The van der Waals surface area contributed by atoms with Gasteiger partial charge in [0.2, 0.25) is 0 Å². The zero-order valence-corrected chi connectivity index (χ0v) is 14.0. The van der Waals surface area contributed by atoms with E-state index < -0.39 is 29.2 Å². The molecule has 2 aromatic rings. The molecule has 1 atom stereocenters. The number of aliphatic carboxylic acids is 1. The number of nitrogens with zero attached hydrogens (tertiary/aromatic N) is 2. The third-order valence-corrected chi connectivity index (χ3v) is 3.99. The second kappa shape index (κ2) is 7.25. The van der Waals surface area contributed by atoms with Crippen LogP contribution in [0.15, 0.2) is 29.1 Å². The van der Waals surface area contributed by atoms with Gasteiger partial charge in [-0.2, -0.15) is 5.10 Å². The fourth-order valence-corrected chi connectivity index (χ4v) is 2.44. The largest absolute Gasteiger partial charge is 0.481 e. The Morgan fingerprint density at radius 3 is 2.44 bits per heavy atom. The molecule has 0 radical (unpaired) electrons. The van der Waals surface area contributed by atoms with Gasteiger partial charge in [-0.3, -0.25) is 14.4 Å². The van der Waals surface area contributed by atoms with Crippen LogP contribution >= 0.6 is 0 Å². The van der Waals surface area contributed by atoms with Gasteiger partial charge >= 0.3 is 5.97 Å². The number of carboxylic acid groups (broad SMARTS) is 1. The number of hydrogen-bond donors (Lipinski definition) is 2. The van der Waals surface area contributed by atoms with Crippen LogP contribution in [0.4, 0.5) is 4.39 Å². The molecule has 1 heterocycles. The summed E-state index contributed by atoms with van der Waals surface area (Å²) in [5, 5.41) is 15.8. The summed E-state index contributed by atoms with van der Waals surface area (Å²) in [4.78, 5) is 36.0. The van der Waals surface area contributed by atoms with Gasteiger partial charge < -0.3 is 10.4 Å². The first-order valence-corrected chi connectivity index (χ1v) is 7.53. The van der Waals surface area contributed by atoms with Gasteiger partial charge in [-0.1, -0.05) is 12.1 Å². The number of carboxylic acids is 1. The van der Waals surface area contributed by atoms with Crippen LogP contribution in [0.5, 0.6) is 0 Å². The molecule has 1 aromatic heterocycles. The highest BCUT2D eigenvalue weighted by Gasteiger charge is 2.23. The molecule has 0 bridgehead atoms. The molecule has 132 valence electrons. The molecule has 1 amide bonds. The summed E-state index contributed by atoms with van der Waals surface area (Å²) in [5.41, 5.74) is 0.687. The first kappa shape index (κ1) is 18.3. The van der Waals surface area contributed by atoms with Crippen molar-refractivity contribution in [3.8, 4) is 0 Å². The molecule has 2 rings (SSSR count). The predicted octanol–water partition coefficient (Wildman–Crippen LogP) is 1.13. The number of rotatable bonds is 5. The molecule has 7 nitrogen and oxygen atoms in total. The van der Waals surface area contributed by atoms with E-state index in [1.807, 2.05) is 0 Å². The maximum atomic E-state index is 13.0. The van der Waals surface area contributed by atoms with Crippen LogP contribution in [0.25, 0.3) is 0 Å². The summed E-state index contributed by atoms with van der Waals surface area (Å²) in [6, 6.07) is 5.00. The molecular formula is C17H18FN3O4. The van der Waals surface area contributed by atoms with Gasteiger partial charge in [0.25, 0.3) is 11.5 Å². The van der Waals surface area contributed by atoms with Gasteiger partial charge in [0.15, 0.2) is 0 Å². The number of benzene rings is 1. The average Bonchev–Trinajstić information content (AvgIpc) is 2.55. The van der Waals surface area contributed by atoms with E-state index in [4.69, 9.17) is 0 Å². The van der Waals surface area contributed by atoms with Gasteiger partial charge in [-0.15, -0.1) is 0 Å². The molecule has 1 unspecified atom stereocenters. The zero-order valence-electron chi connectivity index (χ0n) is 14.0. The first-order chi connectivity index (χ1) is 11.7. The topological polar surface area (TPSA) is 101 Å². The van der Waals surface area contributed by atoms with Gasteiger partial charge in [-0.25, -0.2) is 9.07 Å². The lowest BCUT2D eigenvalue weighted by molar-refractivity contribution is -0.138. The lowest BCUT2D eigenvalue weighted by Gasteiger charge is -2.15. The highest BCUT2D eigenvalue weighted by molar-refractivity contribution is 5.95. The SMILES string of the molecule is Cc1nn(C)c(=O)c(C(=O)NCC(C(=O)O)c2ccc(F)cc2)c1C. The minimum absolute atomic E-state index is 0.0711. The molecule has 0 fully saturated rings. The molecule has 25 heavy (non-hydrogen) atoms. The Bertz CT molecular complexity index is 875. The number of hydrogen-bond acceptors (Lipinski definition) is 4. The van der Waals surface area contributed by atoms with E-state index in [-0.39, 0.29) is 12.1 Å². The Labute approximate surface area is 143 Å². The molecule has 1 aromatic carbocycles. The molecule has 0 saturated heterocycles. The summed E-state index contributed by atoms with van der Waals surface area (Å²) in [5.74, 6) is -3.38. The van der Waals surface area contributed by atoms with Gasteiger partial charge in [0, 0.05) is 13.6 Å². The van der Waals surface area contributed by atoms with Crippen LogP contribution in [-0.2, 0) is 11.8 Å². The van der Waals surface area contributed by atoms with E-state index in [9.17, 15) is 23.9 Å². The van der Waals surface area contributed by atoms with Crippen LogP contribution in [0.2, 0.25) is 0 Å². The molecule has 0 spiro atoms. The second-order valence-electron chi connectivity index (χ2n) is 5.67. The fourth-order valence-electron chi connectivity index (χ4n) is 2.44. The highest BCUT2D eigenvalue weighted by atomic mass is 19.1. The average molecular weight is 347 g/mol. The fraction of sp³-hybridized carbons (Fsp3) is 0.294. The smallest absolute Gasteiger partial charge is 0.312 e. The second-order valence-corrected chi connectivity index (χ2v) is 5.67. The normalized spacial score (nSPS) is 11.8. The van der Waals surface area contributed by atoms with E-state index >= 15 is 0 Å². The minimum atomic E-state index is -1.16. The van der Waals surface area contributed by atoms with Crippen molar-refractivity contribution in [1.82, 2.24) is 15.1 Å². The Balaban J connectivity index is 2.25. The lowest BCUT2D eigenvalue weighted by Crippen LogP contribution is -2.38. The summed E-state index contributed by atoms with van der Waals surface area (Å²) < 4.78 is 14.1. The van der Waals surface area contributed by atoms with Crippen LogP contribution < -0.4 is 10.9 Å². The number of carbonyl (C=O) groups excluding carboxylic acids is 1. The van der Waals surface area contributed by atoms with Crippen LogP contribution in [0.3, 0.4) is 0 Å². The number of aryl methyl sites for hydroxylation is 2. The third kappa shape index (κ3) is 3.90. The summed E-state index contributed by atoms with van der Waals surface area (Å²) in [6.07, 6.45) is 0. The van der Waals surface area contributed by atoms with Crippen LogP contribution in [0, 0.1) is 19.7 Å². The number of amides is 1. The summed E-state index contributed by atoms with van der Waals surface area (Å²) in [7, 11) is 1.43. The Morgan fingerprint density at radius 2 is 1.88 bits per heavy atom. The molecule has 0 aliphatic carbocycles. The Kier molecular flexibility index (Phi) is 5.31. The maximum Gasteiger partial charge on any atom is 0.312 e. The van der Waals surface area contributed by atoms with Crippen molar-refractivity contribution in [2.45, 2.75) is 19.8 Å². The van der Waals surface area contributed by atoms with Crippen LogP contribution in [0.1, 0.15) is 33.1 Å². The standard InChI is InChI=1S/C17H18FN3O4/c1-9-10(2)20-21(3)16(23)14(9)15(22)19-8-13(17(24)25)11-4-6-12(18)7-5-11/h4-7,13H,8H2,1-3H3,(H,19,22)(H,24,25). The van der Waals surface area contributed by atoms with Crippen molar-refractivity contribution in [2.75, 3.05) is 6.54 Å². The quantitative estimate of drug-likeness (QED) is 0.844. The van der Waals surface area contributed by atoms with Crippen molar-refractivity contribution >= 4 is 11.9 Å². The van der Waals surface area contributed by atoms with Crippen molar-refractivity contribution in [3.05, 3.63) is 62.8 Å². The zero-order chi connectivity index (χ0) is 18.7. The molecule has 8 heteroatoms. The molecule has 0 aliphatic heterocycles.